The minimum absolute atomic E-state index is 0.700. The normalized spacial score (nSPS) is 11.4. The van der Waals surface area contributed by atoms with Gasteiger partial charge in [-0.3, -0.25) is 4.90 Å². The second-order valence-electron chi connectivity index (χ2n) is 7.04. The second-order valence-corrected chi connectivity index (χ2v) is 7.91. The van der Waals surface area contributed by atoms with Crippen molar-refractivity contribution in [2.24, 2.45) is 0 Å². The Hall–Kier alpha value is -2.33. The van der Waals surface area contributed by atoms with Gasteiger partial charge in [-0.25, -0.2) is 4.98 Å². The molecule has 0 amide bonds. The molecule has 1 aromatic heterocycles. The maximum absolute atomic E-state index is 6.27. The van der Waals surface area contributed by atoms with E-state index >= 15 is 0 Å². The Morgan fingerprint density at radius 1 is 0.821 bits per heavy atom. The number of fused-ring (bicyclic) bond motifs is 1. The first-order valence-electron chi connectivity index (χ1n) is 9.20. The van der Waals surface area contributed by atoms with Gasteiger partial charge in [-0.1, -0.05) is 65.7 Å². The topological polar surface area (TPSA) is 21.1 Å². The molecule has 1 heterocycles. The minimum Gasteiger partial charge on any atom is -0.322 e. The third-order valence-electron chi connectivity index (χ3n) is 4.73. The molecule has 3 nitrogen and oxygen atoms in total. The average molecular weight is 410 g/mol. The Bertz CT molecular complexity index is 1090. The van der Waals surface area contributed by atoms with Crippen molar-refractivity contribution in [3.05, 3.63) is 99.8 Å². The molecule has 28 heavy (non-hydrogen) atoms. The van der Waals surface area contributed by atoms with Crippen molar-refractivity contribution >= 4 is 34.2 Å². The summed E-state index contributed by atoms with van der Waals surface area (Å²) >= 11 is 12.5. The summed E-state index contributed by atoms with van der Waals surface area (Å²) in [4.78, 5) is 7.15. The molecule has 0 atom stereocenters. The van der Waals surface area contributed by atoms with Crippen molar-refractivity contribution in [3.63, 3.8) is 0 Å². The van der Waals surface area contributed by atoms with Gasteiger partial charge in [0, 0.05) is 23.1 Å². The lowest BCUT2D eigenvalue weighted by Crippen LogP contribution is -2.20. The van der Waals surface area contributed by atoms with Crippen LogP contribution in [0.1, 0.15) is 17.0 Å². The fourth-order valence-corrected chi connectivity index (χ4v) is 3.83. The largest absolute Gasteiger partial charge is 0.322 e. The molecule has 0 aliphatic heterocycles. The molecule has 4 aromatic rings. The quantitative estimate of drug-likeness (QED) is 0.387. The first-order valence-corrected chi connectivity index (χ1v) is 9.95. The highest BCUT2D eigenvalue weighted by Gasteiger charge is 2.14. The highest BCUT2D eigenvalue weighted by molar-refractivity contribution is 6.31. The Morgan fingerprint density at radius 2 is 1.57 bits per heavy atom. The van der Waals surface area contributed by atoms with Gasteiger partial charge in [-0.2, -0.15) is 0 Å². The van der Waals surface area contributed by atoms with Gasteiger partial charge in [0.05, 0.1) is 17.6 Å². The van der Waals surface area contributed by atoms with Crippen LogP contribution in [0.15, 0.2) is 72.8 Å². The van der Waals surface area contributed by atoms with Gasteiger partial charge < -0.3 is 4.57 Å². The zero-order chi connectivity index (χ0) is 19.5. The maximum atomic E-state index is 6.27. The van der Waals surface area contributed by atoms with Crippen LogP contribution in [0.4, 0.5) is 0 Å². The lowest BCUT2D eigenvalue weighted by molar-refractivity contribution is 0.306. The summed E-state index contributed by atoms with van der Waals surface area (Å²) in [5, 5.41) is 1.45. The standard InChI is InChI=1S/C23H21Cl2N3/c1-27(14-17-6-3-2-4-7-17)16-23-26-21-11-10-20(25)13-22(21)28(23)15-18-8-5-9-19(24)12-18/h2-13H,14-16H2,1H3. The van der Waals surface area contributed by atoms with Crippen LogP contribution >= 0.6 is 23.2 Å². The Morgan fingerprint density at radius 3 is 2.36 bits per heavy atom. The summed E-state index contributed by atoms with van der Waals surface area (Å²) in [5.74, 6) is 1.01. The summed E-state index contributed by atoms with van der Waals surface area (Å²) in [6.07, 6.45) is 0. The molecule has 142 valence electrons. The Kier molecular flexibility index (Phi) is 5.67. The van der Waals surface area contributed by atoms with E-state index in [0.717, 1.165) is 40.5 Å². The van der Waals surface area contributed by atoms with Gasteiger partial charge in [0.1, 0.15) is 5.82 Å². The fourth-order valence-electron chi connectivity index (χ4n) is 3.45. The van der Waals surface area contributed by atoms with E-state index in [2.05, 4.69) is 46.8 Å². The molecule has 0 radical (unpaired) electrons. The van der Waals surface area contributed by atoms with Gasteiger partial charge in [-0.05, 0) is 48.5 Å². The van der Waals surface area contributed by atoms with Crippen LogP contribution < -0.4 is 0 Å². The van der Waals surface area contributed by atoms with Crippen molar-refractivity contribution in [3.8, 4) is 0 Å². The highest BCUT2D eigenvalue weighted by atomic mass is 35.5. The van der Waals surface area contributed by atoms with E-state index in [4.69, 9.17) is 28.2 Å². The molecule has 0 aliphatic carbocycles. The molecule has 3 aromatic carbocycles. The molecular weight excluding hydrogens is 389 g/mol. The predicted molar refractivity (Wildman–Crippen MR) is 117 cm³/mol. The summed E-state index contributed by atoms with van der Waals surface area (Å²) in [6, 6.07) is 24.3. The van der Waals surface area contributed by atoms with Crippen molar-refractivity contribution in [1.29, 1.82) is 0 Å². The minimum atomic E-state index is 0.700. The molecule has 5 heteroatoms. The van der Waals surface area contributed by atoms with Crippen molar-refractivity contribution in [2.45, 2.75) is 19.6 Å². The zero-order valence-corrected chi connectivity index (χ0v) is 17.2. The molecule has 0 spiro atoms. The molecule has 0 bridgehead atoms. The lowest BCUT2D eigenvalue weighted by atomic mass is 10.2. The molecular formula is C23H21Cl2N3. The number of imidazole rings is 1. The van der Waals surface area contributed by atoms with Crippen LogP contribution in [-0.4, -0.2) is 21.5 Å². The number of halogens is 2. The first kappa shape index (κ1) is 19.0. The predicted octanol–water partition coefficient (Wildman–Crippen LogP) is 6.02. The monoisotopic (exact) mass is 409 g/mol. The Labute approximate surface area is 175 Å². The van der Waals surface area contributed by atoms with E-state index < -0.39 is 0 Å². The van der Waals surface area contributed by atoms with Gasteiger partial charge in [0.15, 0.2) is 0 Å². The third kappa shape index (κ3) is 4.39. The van der Waals surface area contributed by atoms with Crippen molar-refractivity contribution in [1.82, 2.24) is 14.5 Å². The Balaban J connectivity index is 1.66. The van der Waals surface area contributed by atoms with E-state index in [1.165, 1.54) is 5.56 Å². The van der Waals surface area contributed by atoms with Crippen LogP contribution in [0.25, 0.3) is 11.0 Å². The van der Waals surface area contributed by atoms with Gasteiger partial charge in [0.25, 0.3) is 0 Å². The third-order valence-corrected chi connectivity index (χ3v) is 5.20. The van der Waals surface area contributed by atoms with E-state index in [-0.39, 0.29) is 0 Å². The van der Waals surface area contributed by atoms with Crippen LogP contribution in [0.2, 0.25) is 10.0 Å². The molecule has 0 N–H and O–H groups in total. The fraction of sp³-hybridized carbons (Fsp3) is 0.174. The van der Waals surface area contributed by atoms with Gasteiger partial charge in [-0.15, -0.1) is 0 Å². The summed E-state index contributed by atoms with van der Waals surface area (Å²) in [6.45, 7) is 2.30. The van der Waals surface area contributed by atoms with Crippen LogP contribution in [-0.2, 0) is 19.6 Å². The van der Waals surface area contributed by atoms with Crippen molar-refractivity contribution < 1.29 is 0 Å². The maximum Gasteiger partial charge on any atom is 0.124 e. The van der Waals surface area contributed by atoms with E-state index in [0.29, 0.717) is 11.6 Å². The van der Waals surface area contributed by atoms with Crippen LogP contribution in [0, 0.1) is 0 Å². The first-order chi connectivity index (χ1) is 13.6. The molecule has 0 aliphatic rings. The number of aromatic nitrogens is 2. The summed E-state index contributed by atoms with van der Waals surface area (Å²) in [5.41, 5.74) is 4.41. The molecule has 4 rings (SSSR count). The smallest absolute Gasteiger partial charge is 0.124 e. The molecule has 0 fully saturated rings. The average Bonchev–Trinajstić information content (AvgIpc) is 2.99. The molecule has 0 saturated carbocycles. The van der Waals surface area contributed by atoms with Gasteiger partial charge >= 0.3 is 0 Å². The van der Waals surface area contributed by atoms with E-state index in [9.17, 15) is 0 Å². The number of hydrogen-bond donors (Lipinski definition) is 0. The summed E-state index contributed by atoms with van der Waals surface area (Å²) in [7, 11) is 2.11. The van der Waals surface area contributed by atoms with Crippen LogP contribution in [0.5, 0.6) is 0 Å². The highest BCUT2D eigenvalue weighted by Crippen LogP contribution is 2.24. The SMILES string of the molecule is CN(Cc1ccccc1)Cc1nc2ccc(Cl)cc2n1Cc1cccc(Cl)c1. The number of benzene rings is 3. The summed E-state index contributed by atoms with van der Waals surface area (Å²) < 4.78 is 2.23. The molecule has 0 saturated heterocycles. The van der Waals surface area contributed by atoms with E-state index in [1.54, 1.807) is 0 Å². The van der Waals surface area contributed by atoms with Crippen molar-refractivity contribution in [2.75, 3.05) is 7.05 Å². The lowest BCUT2D eigenvalue weighted by Gasteiger charge is -2.18. The van der Waals surface area contributed by atoms with Gasteiger partial charge in [0.2, 0.25) is 0 Å². The van der Waals surface area contributed by atoms with Crippen LogP contribution in [0.3, 0.4) is 0 Å². The zero-order valence-electron chi connectivity index (χ0n) is 15.6. The van der Waals surface area contributed by atoms with E-state index in [1.807, 2.05) is 42.5 Å². The number of hydrogen-bond acceptors (Lipinski definition) is 2. The number of nitrogens with zero attached hydrogens (tertiary/aromatic N) is 3. The second kappa shape index (κ2) is 8.36. The molecule has 0 unspecified atom stereocenters. The number of rotatable bonds is 6.